The van der Waals surface area contributed by atoms with E-state index in [1.165, 1.54) is 0 Å². The molecule has 0 aromatic carbocycles. The Balaban J connectivity index is 0.000000640. The second kappa shape index (κ2) is 3.95. The second-order valence-corrected chi connectivity index (χ2v) is 2.37. The van der Waals surface area contributed by atoms with E-state index in [0.717, 1.165) is 10.0 Å². The lowest BCUT2D eigenvalue weighted by Gasteiger charge is -1.89. The molecule has 0 bridgehead atoms. The Morgan fingerprint density at radius 3 is 2.22 bits per heavy atom. The van der Waals surface area contributed by atoms with Crippen LogP contribution in [-0.2, 0) is 0 Å². The normalized spacial score (nSPS) is 8.22. The average molecular weight is 254 g/mol. The molecule has 50 valence electrons. The van der Waals surface area contributed by atoms with Gasteiger partial charge in [-0.25, -0.2) is 0 Å². The Labute approximate surface area is 72.6 Å². The van der Waals surface area contributed by atoms with Gasteiger partial charge >= 0.3 is 0 Å². The van der Waals surface area contributed by atoms with E-state index < -0.39 is 0 Å². The van der Waals surface area contributed by atoms with Crippen LogP contribution in [0.3, 0.4) is 0 Å². The van der Waals surface area contributed by atoms with Gasteiger partial charge in [0.05, 0.1) is 12.4 Å². The van der Waals surface area contributed by atoms with Crippen LogP contribution >= 0.6 is 32.9 Å². The molecule has 0 N–H and O–H groups in total. The minimum absolute atomic E-state index is 0. The Bertz CT molecular complexity index is 169. The van der Waals surface area contributed by atoms with Crippen molar-refractivity contribution in [1.82, 2.24) is 10.2 Å². The van der Waals surface area contributed by atoms with Crippen LogP contribution in [0.15, 0.2) is 16.9 Å². The van der Waals surface area contributed by atoms with E-state index in [0.29, 0.717) is 0 Å². The van der Waals surface area contributed by atoms with Crippen LogP contribution < -0.4 is 0 Å². The van der Waals surface area contributed by atoms with E-state index in [9.17, 15) is 0 Å². The summed E-state index contributed by atoms with van der Waals surface area (Å²) in [5.74, 6) is 0. The summed E-state index contributed by atoms with van der Waals surface area (Å²) in [5, 5.41) is 7.31. The molecule has 0 amide bonds. The maximum atomic E-state index is 3.67. The highest BCUT2D eigenvalue weighted by atomic mass is 79.9. The first-order valence-electron chi connectivity index (χ1n) is 2.23. The van der Waals surface area contributed by atoms with Crippen LogP contribution in [0.4, 0.5) is 0 Å². The summed E-state index contributed by atoms with van der Waals surface area (Å²) in [6.07, 6.45) is 3.39. The molecule has 0 saturated heterocycles. The number of halogens is 2. The highest BCUT2D eigenvalue weighted by Gasteiger charge is 1.88. The molecule has 1 heterocycles. The van der Waals surface area contributed by atoms with Crippen LogP contribution in [0.25, 0.3) is 0 Å². The Morgan fingerprint density at radius 2 is 1.89 bits per heavy atom. The fraction of sp³-hybridized carbons (Fsp3) is 0.200. The molecule has 1 rings (SSSR count). The zero-order valence-electron chi connectivity index (χ0n) is 4.84. The maximum absolute atomic E-state index is 3.67. The average Bonchev–Trinajstić information content (AvgIpc) is 1.77. The van der Waals surface area contributed by atoms with E-state index in [1.807, 2.05) is 6.92 Å². The standard InChI is InChI=1S/C5H5BrN2.BrH/c1-4-2-7-8-3-5(4)6;/h2-3H,1H3;1H. The van der Waals surface area contributed by atoms with Crippen molar-refractivity contribution in [3.05, 3.63) is 22.4 Å². The molecule has 0 radical (unpaired) electrons. The molecule has 9 heavy (non-hydrogen) atoms. The van der Waals surface area contributed by atoms with Crippen LogP contribution in [0.5, 0.6) is 0 Å². The van der Waals surface area contributed by atoms with Crippen molar-refractivity contribution in [3.63, 3.8) is 0 Å². The van der Waals surface area contributed by atoms with Crippen LogP contribution in [-0.4, -0.2) is 10.2 Å². The first-order valence-corrected chi connectivity index (χ1v) is 3.03. The van der Waals surface area contributed by atoms with Gasteiger partial charge in [-0.3, -0.25) is 0 Å². The van der Waals surface area contributed by atoms with Gasteiger partial charge in [-0.1, -0.05) is 0 Å². The quantitative estimate of drug-likeness (QED) is 0.708. The van der Waals surface area contributed by atoms with Gasteiger partial charge in [-0.2, -0.15) is 10.2 Å². The van der Waals surface area contributed by atoms with Crippen molar-refractivity contribution >= 4 is 32.9 Å². The van der Waals surface area contributed by atoms with E-state index in [2.05, 4.69) is 26.1 Å². The smallest absolute Gasteiger partial charge is 0.0641 e. The third kappa shape index (κ3) is 2.41. The van der Waals surface area contributed by atoms with Gasteiger partial charge in [0, 0.05) is 4.47 Å². The van der Waals surface area contributed by atoms with Crippen LogP contribution in [0.1, 0.15) is 5.56 Å². The monoisotopic (exact) mass is 252 g/mol. The molecule has 0 aliphatic carbocycles. The predicted octanol–water partition coefficient (Wildman–Crippen LogP) is 2.13. The summed E-state index contributed by atoms with van der Waals surface area (Å²) in [6.45, 7) is 1.97. The zero-order chi connectivity index (χ0) is 5.98. The van der Waals surface area contributed by atoms with E-state index in [-0.39, 0.29) is 17.0 Å². The molecule has 0 spiro atoms. The third-order valence-corrected chi connectivity index (χ3v) is 1.70. The molecular formula is C5H6Br2N2. The summed E-state index contributed by atoms with van der Waals surface area (Å²) in [7, 11) is 0. The number of nitrogens with zero attached hydrogens (tertiary/aromatic N) is 2. The van der Waals surface area contributed by atoms with Crippen molar-refractivity contribution in [3.8, 4) is 0 Å². The second-order valence-electron chi connectivity index (χ2n) is 1.52. The lowest BCUT2D eigenvalue weighted by atomic mass is 10.4. The fourth-order valence-electron chi connectivity index (χ4n) is 0.367. The summed E-state index contributed by atoms with van der Waals surface area (Å²) < 4.78 is 1.01. The molecule has 1 aromatic heterocycles. The van der Waals surface area contributed by atoms with Gasteiger partial charge in [0.25, 0.3) is 0 Å². The topological polar surface area (TPSA) is 25.8 Å². The Morgan fingerprint density at radius 1 is 1.33 bits per heavy atom. The molecule has 0 aliphatic rings. The third-order valence-electron chi connectivity index (χ3n) is 0.866. The van der Waals surface area contributed by atoms with Gasteiger partial charge in [0.15, 0.2) is 0 Å². The molecular weight excluding hydrogens is 248 g/mol. The first-order chi connectivity index (χ1) is 3.80. The lowest BCUT2D eigenvalue weighted by Crippen LogP contribution is -1.80. The minimum atomic E-state index is 0. The number of hydrogen-bond acceptors (Lipinski definition) is 2. The maximum Gasteiger partial charge on any atom is 0.0641 e. The Kier molecular flexibility index (Phi) is 3.97. The summed E-state index contributed by atoms with van der Waals surface area (Å²) in [4.78, 5) is 0. The molecule has 4 heteroatoms. The highest BCUT2D eigenvalue weighted by Crippen LogP contribution is 2.10. The molecule has 2 nitrogen and oxygen atoms in total. The van der Waals surface area contributed by atoms with E-state index >= 15 is 0 Å². The summed E-state index contributed by atoms with van der Waals surface area (Å²) >= 11 is 3.29. The van der Waals surface area contributed by atoms with Crippen molar-refractivity contribution in [1.29, 1.82) is 0 Å². The van der Waals surface area contributed by atoms with Gasteiger partial charge in [0.2, 0.25) is 0 Å². The Hall–Kier alpha value is 0.0400. The van der Waals surface area contributed by atoms with E-state index in [4.69, 9.17) is 0 Å². The predicted molar refractivity (Wildman–Crippen MR) is 44.8 cm³/mol. The van der Waals surface area contributed by atoms with Gasteiger partial charge in [0.1, 0.15) is 0 Å². The molecule has 0 atom stereocenters. The van der Waals surface area contributed by atoms with Crippen molar-refractivity contribution < 1.29 is 0 Å². The molecule has 0 aliphatic heterocycles. The first kappa shape index (κ1) is 9.04. The summed E-state index contributed by atoms with van der Waals surface area (Å²) in [5.41, 5.74) is 1.11. The van der Waals surface area contributed by atoms with Crippen molar-refractivity contribution in [2.75, 3.05) is 0 Å². The number of aromatic nitrogens is 2. The van der Waals surface area contributed by atoms with Gasteiger partial charge in [-0.15, -0.1) is 17.0 Å². The minimum Gasteiger partial charge on any atom is -0.159 e. The van der Waals surface area contributed by atoms with Crippen molar-refractivity contribution in [2.45, 2.75) is 6.92 Å². The molecule has 0 unspecified atom stereocenters. The molecule has 1 aromatic rings. The van der Waals surface area contributed by atoms with Gasteiger partial charge in [-0.05, 0) is 28.4 Å². The number of hydrogen-bond donors (Lipinski definition) is 0. The zero-order valence-corrected chi connectivity index (χ0v) is 8.13. The number of rotatable bonds is 0. The van der Waals surface area contributed by atoms with Crippen LogP contribution in [0, 0.1) is 6.92 Å². The van der Waals surface area contributed by atoms with E-state index in [1.54, 1.807) is 12.4 Å². The number of aryl methyl sites for hydroxylation is 1. The van der Waals surface area contributed by atoms with Crippen molar-refractivity contribution in [2.24, 2.45) is 0 Å². The summed E-state index contributed by atoms with van der Waals surface area (Å²) in [6, 6.07) is 0. The SMILES string of the molecule is Br.Cc1cnncc1Br. The fourth-order valence-corrected chi connectivity index (χ4v) is 0.561. The lowest BCUT2D eigenvalue weighted by molar-refractivity contribution is 1.00. The highest BCUT2D eigenvalue weighted by molar-refractivity contribution is 9.10. The molecule has 0 saturated carbocycles. The van der Waals surface area contributed by atoms with Crippen LogP contribution in [0.2, 0.25) is 0 Å². The largest absolute Gasteiger partial charge is 0.159 e. The van der Waals surface area contributed by atoms with Gasteiger partial charge < -0.3 is 0 Å². The molecule has 0 fully saturated rings.